The molecule has 11 heteroatoms. The predicted octanol–water partition coefficient (Wildman–Crippen LogP) is 1.89. The molecule has 0 saturated heterocycles. The van der Waals surface area contributed by atoms with Crippen molar-refractivity contribution in [1.82, 2.24) is 16.0 Å². The van der Waals surface area contributed by atoms with Crippen molar-refractivity contribution in [3.05, 3.63) is 29.3 Å². The summed E-state index contributed by atoms with van der Waals surface area (Å²) in [6.45, 7) is 6.61. The van der Waals surface area contributed by atoms with E-state index in [1.54, 1.807) is 12.1 Å². The lowest BCUT2D eigenvalue weighted by Crippen LogP contribution is -2.53. The largest absolute Gasteiger partial charge is 0.547 e. The van der Waals surface area contributed by atoms with Crippen molar-refractivity contribution in [3.8, 4) is 5.75 Å². The first kappa shape index (κ1) is 26.8. The molecule has 192 valence electrons. The van der Waals surface area contributed by atoms with Gasteiger partial charge in [-0.15, -0.1) is 0 Å². The van der Waals surface area contributed by atoms with Gasteiger partial charge in [0, 0.05) is 25.6 Å². The van der Waals surface area contributed by atoms with Crippen LogP contribution in [0.25, 0.3) is 0 Å². The van der Waals surface area contributed by atoms with E-state index >= 15 is 0 Å². The van der Waals surface area contributed by atoms with Gasteiger partial charge in [-0.05, 0) is 70.4 Å². The van der Waals surface area contributed by atoms with Crippen LogP contribution in [0, 0.1) is 5.92 Å². The molecule has 0 spiro atoms. The highest BCUT2D eigenvalue weighted by Crippen LogP contribution is 2.31. The Hall–Kier alpha value is -2.79. The first-order chi connectivity index (χ1) is 16.5. The number of carbonyl (C=O) groups is 3. The lowest BCUT2D eigenvalue weighted by molar-refractivity contribution is -0.122. The Kier molecular flexibility index (Phi) is 9.01. The number of aromatic carboxylic acids is 1. The van der Waals surface area contributed by atoms with Gasteiger partial charge in [-0.25, -0.2) is 9.59 Å². The first-order valence-corrected chi connectivity index (χ1v) is 12.2. The van der Waals surface area contributed by atoms with Crippen molar-refractivity contribution in [2.75, 3.05) is 13.1 Å². The van der Waals surface area contributed by atoms with E-state index in [1.807, 2.05) is 20.8 Å². The number of benzene rings is 1. The third-order valence-electron chi connectivity index (χ3n) is 6.24. The number of alkyl carbamates (subject to hydrolysis) is 1. The van der Waals surface area contributed by atoms with Crippen LogP contribution in [0.2, 0.25) is 0 Å². The molecule has 10 nitrogen and oxygen atoms in total. The third-order valence-corrected chi connectivity index (χ3v) is 6.24. The zero-order valence-electron chi connectivity index (χ0n) is 20.6. The van der Waals surface area contributed by atoms with Crippen LogP contribution in [0.1, 0.15) is 68.8 Å². The van der Waals surface area contributed by atoms with E-state index < -0.39 is 30.7 Å². The van der Waals surface area contributed by atoms with Gasteiger partial charge < -0.3 is 35.5 Å². The summed E-state index contributed by atoms with van der Waals surface area (Å²) in [5.74, 6) is -1.48. The van der Waals surface area contributed by atoms with Crippen molar-refractivity contribution in [3.63, 3.8) is 0 Å². The Morgan fingerprint density at radius 3 is 2.51 bits per heavy atom. The lowest BCUT2D eigenvalue weighted by Gasteiger charge is -2.31. The molecule has 35 heavy (non-hydrogen) atoms. The Morgan fingerprint density at radius 1 is 1.14 bits per heavy atom. The molecule has 1 aromatic carbocycles. The van der Waals surface area contributed by atoms with Crippen LogP contribution in [0.4, 0.5) is 4.79 Å². The highest BCUT2D eigenvalue weighted by atomic mass is 16.6. The highest BCUT2D eigenvalue weighted by molar-refractivity contribution is 6.47. The van der Waals surface area contributed by atoms with Crippen molar-refractivity contribution in [2.24, 2.45) is 5.92 Å². The van der Waals surface area contributed by atoms with Gasteiger partial charge in [0.15, 0.2) is 0 Å². The molecule has 1 aliphatic heterocycles. The van der Waals surface area contributed by atoms with Crippen LogP contribution >= 0.6 is 0 Å². The molecule has 1 saturated carbocycles. The maximum Gasteiger partial charge on any atom is 0.547 e. The number of hydrogen-bond acceptors (Lipinski definition) is 7. The third kappa shape index (κ3) is 8.14. The highest BCUT2D eigenvalue weighted by Gasteiger charge is 2.38. The molecule has 2 amide bonds. The number of nitrogens with one attached hydrogen (secondary N) is 3. The van der Waals surface area contributed by atoms with E-state index in [1.165, 1.54) is 6.07 Å². The maximum absolute atomic E-state index is 12.6. The molecule has 1 atom stereocenters. The minimum atomic E-state index is -1.30. The van der Waals surface area contributed by atoms with Crippen LogP contribution in [0.3, 0.4) is 0 Å². The van der Waals surface area contributed by atoms with E-state index in [2.05, 4.69) is 16.0 Å². The van der Waals surface area contributed by atoms with E-state index in [4.69, 9.17) is 9.39 Å². The number of ether oxygens (including phenoxy) is 1. The molecule has 3 rings (SSSR count). The lowest BCUT2D eigenvalue weighted by atomic mass is 9.72. The molecule has 2 aliphatic rings. The first-order valence-electron chi connectivity index (χ1n) is 12.2. The van der Waals surface area contributed by atoms with Gasteiger partial charge in [-0.2, -0.15) is 0 Å². The van der Waals surface area contributed by atoms with Crippen LogP contribution in [0.5, 0.6) is 5.75 Å². The summed E-state index contributed by atoms with van der Waals surface area (Å²) in [5.41, 5.74) is 0.129. The van der Waals surface area contributed by atoms with Crippen molar-refractivity contribution in [1.29, 1.82) is 0 Å². The molecular weight excluding hydrogens is 453 g/mol. The molecular formula is C24H36BN3O7. The molecule has 1 heterocycles. The van der Waals surface area contributed by atoms with Gasteiger partial charge in [0.1, 0.15) is 11.4 Å². The Balaban J connectivity index is 1.36. The van der Waals surface area contributed by atoms with Crippen LogP contribution < -0.4 is 20.6 Å². The molecule has 0 aromatic heterocycles. The molecule has 0 radical (unpaired) electrons. The van der Waals surface area contributed by atoms with E-state index in [-0.39, 0.29) is 23.1 Å². The number of fused-ring (bicyclic) bond motifs is 1. The summed E-state index contributed by atoms with van der Waals surface area (Å²) < 4.78 is 10.7. The zero-order valence-corrected chi connectivity index (χ0v) is 20.6. The number of carbonyl (C=O) groups excluding carboxylic acids is 2. The van der Waals surface area contributed by atoms with Crippen LogP contribution in [0.15, 0.2) is 18.2 Å². The average Bonchev–Trinajstić information content (AvgIpc) is 2.76. The Labute approximate surface area is 206 Å². The Bertz CT molecular complexity index is 913. The van der Waals surface area contributed by atoms with Gasteiger partial charge in [-0.1, -0.05) is 12.1 Å². The topological polar surface area (TPSA) is 146 Å². The fraction of sp³-hybridized carbons (Fsp3) is 0.625. The summed E-state index contributed by atoms with van der Waals surface area (Å²) in [5, 5.41) is 28.7. The number of hydrogen-bond donors (Lipinski definition) is 5. The second-order valence-corrected chi connectivity index (χ2v) is 10.3. The number of carboxylic acids is 1. The molecule has 0 bridgehead atoms. The van der Waals surface area contributed by atoms with E-state index in [9.17, 15) is 24.5 Å². The van der Waals surface area contributed by atoms with Gasteiger partial charge >= 0.3 is 19.2 Å². The number of rotatable bonds is 8. The second-order valence-electron chi connectivity index (χ2n) is 10.3. The second kappa shape index (κ2) is 11.8. The maximum atomic E-state index is 12.6. The van der Waals surface area contributed by atoms with Crippen molar-refractivity contribution >= 4 is 25.1 Å². The van der Waals surface area contributed by atoms with Gasteiger partial charge in [0.2, 0.25) is 5.91 Å². The molecule has 1 fully saturated rings. The quantitative estimate of drug-likeness (QED) is 0.275. The zero-order chi connectivity index (χ0) is 25.6. The van der Waals surface area contributed by atoms with Crippen molar-refractivity contribution < 1.29 is 33.9 Å². The SMILES string of the molecule is CC(C)(C)OC(=O)NCCN[C@H]1CC[C@H](CC(=O)N[C@H]2Cc3cccc(C(=O)O)c3OB2O)CC1. The summed E-state index contributed by atoms with van der Waals surface area (Å²) in [6, 6.07) is 5.14. The number of para-hydroxylation sites is 1. The molecule has 5 N–H and O–H groups in total. The summed E-state index contributed by atoms with van der Waals surface area (Å²) in [7, 11) is -1.30. The van der Waals surface area contributed by atoms with E-state index in [0.29, 0.717) is 37.5 Å². The summed E-state index contributed by atoms with van der Waals surface area (Å²) in [4.78, 5) is 35.7. The normalized spacial score (nSPS) is 21.9. The fourth-order valence-electron chi connectivity index (χ4n) is 4.57. The van der Waals surface area contributed by atoms with Gasteiger partial charge in [0.05, 0.1) is 11.5 Å². The molecule has 0 unspecified atom stereocenters. The van der Waals surface area contributed by atoms with Crippen molar-refractivity contribution in [2.45, 2.75) is 76.9 Å². The minimum absolute atomic E-state index is 0.00248. The smallest absolute Gasteiger partial charge is 0.534 e. The van der Waals surface area contributed by atoms with Crippen LogP contribution in [-0.4, -0.2) is 65.9 Å². The standard InChI is InChI=1S/C24H36BN3O7/c1-24(2,3)34-23(32)27-12-11-26-17-9-7-15(8-10-17)13-20(29)28-19-14-16-5-4-6-18(22(30)31)21(16)35-25(19)33/h4-6,15,17,19,26,33H,7-14H2,1-3H3,(H,27,32)(H,28,29)(H,30,31)/t15-,17-,19-/m0/s1. The Morgan fingerprint density at radius 2 is 1.86 bits per heavy atom. The number of carboxylic acid groups (broad SMARTS) is 1. The number of amides is 2. The monoisotopic (exact) mass is 489 g/mol. The predicted molar refractivity (Wildman–Crippen MR) is 130 cm³/mol. The average molecular weight is 489 g/mol. The molecule has 1 aromatic rings. The summed E-state index contributed by atoms with van der Waals surface area (Å²) in [6.07, 6.45) is 3.98. The van der Waals surface area contributed by atoms with E-state index in [0.717, 1.165) is 25.7 Å². The summed E-state index contributed by atoms with van der Waals surface area (Å²) >= 11 is 0. The van der Waals surface area contributed by atoms with Gasteiger partial charge in [-0.3, -0.25) is 4.79 Å². The minimum Gasteiger partial charge on any atom is -0.534 e. The fourth-order valence-corrected chi connectivity index (χ4v) is 4.57. The molecule has 1 aliphatic carbocycles. The van der Waals surface area contributed by atoms with Crippen LogP contribution in [-0.2, 0) is 16.0 Å². The van der Waals surface area contributed by atoms with Gasteiger partial charge in [0.25, 0.3) is 0 Å².